The molecule has 2 aromatic carbocycles. The van der Waals surface area contributed by atoms with Crippen molar-refractivity contribution in [3.63, 3.8) is 0 Å². The summed E-state index contributed by atoms with van der Waals surface area (Å²) in [6.45, 7) is 4.15. The highest BCUT2D eigenvalue weighted by Gasteiger charge is 2.08. The maximum absolute atomic E-state index is 8.91. The number of benzene rings is 2. The SMILES string of the molecule is Cc1cc(C=C(Br)Br)cc(C)c1Nc1ccnc(Cc2ccc(C#N)cc2)n1. The van der Waals surface area contributed by atoms with Crippen LogP contribution in [0.5, 0.6) is 0 Å². The van der Waals surface area contributed by atoms with Gasteiger partial charge in [0, 0.05) is 18.3 Å². The van der Waals surface area contributed by atoms with Gasteiger partial charge >= 0.3 is 0 Å². The van der Waals surface area contributed by atoms with Gasteiger partial charge in [-0.2, -0.15) is 5.26 Å². The number of hydrogen-bond donors (Lipinski definition) is 1. The molecule has 1 aromatic heterocycles. The molecular weight excluding hydrogens is 480 g/mol. The number of nitrogens with one attached hydrogen (secondary N) is 1. The summed E-state index contributed by atoms with van der Waals surface area (Å²) >= 11 is 6.81. The molecule has 0 aliphatic rings. The Labute approximate surface area is 181 Å². The van der Waals surface area contributed by atoms with E-state index in [1.165, 1.54) is 0 Å². The smallest absolute Gasteiger partial charge is 0.135 e. The second-order valence-electron chi connectivity index (χ2n) is 6.43. The molecule has 0 amide bonds. The summed E-state index contributed by atoms with van der Waals surface area (Å²) in [6.07, 6.45) is 4.39. The van der Waals surface area contributed by atoms with Crippen molar-refractivity contribution in [2.75, 3.05) is 5.32 Å². The lowest BCUT2D eigenvalue weighted by Gasteiger charge is -2.14. The number of nitrogens with zero attached hydrogens (tertiary/aromatic N) is 3. The molecule has 0 aliphatic heterocycles. The van der Waals surface area contributed by atoms with E-state index >= 15 is 0 Å². The van der Waals surface area contributed by atoms with E-state index in [1.807, 2.05) is 36.4 Å². The van der Waals surface area contributed by atoms with Gasteiger partial charge in [0.15, 0.2) is 0 Å². The number of rotatable bonds is 5. The minimum absolute atomic E-state index is 0.613. The van der Waals surface area contributed by atoms with Crippen molar-refractivity contribution in [1.82, 2.24) is 9.97 Å². The van der Waals surface area contributed by atoms with Gasteiger partial charge in [-0.1, -0.05) is 12.1 Å². The topological polar surface area (TPSA) is 61.6 Å². The normalized spacial score (nSPS) is 10.2. The summed E-state index contributed by atoms with van der Waals surface area (Å²) in [4.78, 5) is 9.02. The summed E-state index contributed by atoms with van der Waals surface area (Å²) in [5, 5.41) is 12.3. The zero-order valence-electron chi connectivity index (χ0n) is 15.5. The third-order valence-corrected chi connectivity index (χ3v) is 4.69. The molecule has 4 nitrogen and oxygen atoms in total. The molecule has 0 atom stereocenters. The van der Waals surface area contributed by atoms with E-state index in [0.717, 1.165) is 43.0 Å². The molecule has 0 radical (unpaired) electrons. The molecule has 1 heterocycles. The molecule has 6 heteroatoms. The molecular formula is C22H18Br2N4. The van der Waals surface area contributed by atoms with Crippen molar-refractivity contribution >= 4 is 49.4 Å². The maximum Gasteiger partial charge on any atom is 0.135 e. The fraction of sp³-hybridized carbons (Fsp3) is 0.136. The van der Waals surface area contributed by atoms with Gasteiger partial charge in [-0.15, -0.1) is 0 Å². The predicted molar refractivity (Wildman–Crippen MR) is 121 cm³/mol. The summed E-state index contributed by atoms with van der Waals surface area (Å²) in [5.41, 5.74) is 6.16. The van der Waals surface area contributed by atoms with Crippen molar-refractivity contribution in [2.24, 2.45) is 0 Å². The lowest BCUT2D eigenvalue weighted by molar-refractivity contribution is 0.971. The monoisotopic (exact) mass is 496 g/mol. The van der Waals surface area contributed by atoms with Crippen LogP contribution in [0.3, 0.4) is 0 Å². The van der Waals surface area contributed by atoms with E-state index in [-0.39, 0.29) is 0 Å². The second kappa shape index (κ2) is 9.13. The highest BCUT2D eigenvalue weighted by Crippen LogP contribution is 2.28. The predicted octanol–water partition coefficient (Wildman–Crippen LogP) is 6.39. The van der Waals surface area contributed by atoms with Crippen LogP contribution < -0.4 is 5.32 Å². The quantitative estimate of drug-likeness (QED) is 0.443. The molecule has 1 N–H and O–H groups in total. The van der Waals surface area contributed by atoms with E-state index in [0.29, 0.717) is 12.0 Å². The van der Waals surface area contributed by atoms with Crippen LogP contribution in [-0.4, -0.2) is 9.97 Å². The third-order valence-electron chi connectivity index (χ3n) is 4.23. The van der Waals surface area contributed by atoms with E-state index < -0.39 is 0 Å². The molecule has 0 bridgehead atoms. The molecule has 0 aliphatic carbocycles. The molecule has 140 valence electrons. The summed E-state index contributed by atoms with van der Waals surface area (Å²) in [7, 11) is 0. The van der Waals surface area contributed by atoms with Crippen LogP contribution in [0.25, 0.3) is 6.08 Å². The van der Waals surface area contributed by atoms with Crippen LogP contribution in [0, 0.1) is 25.2 Å². The fourth-order valence-corrected chi connectivity index (χ4v) is 3.49. The van der Waals surface area contributed by atoms with Crippen LogP contribution in [0.2, 0.25) is 0 Å². The van der Waals surface area contributed by atoms with Crippen LogP contribution in [-0.2, 0) is 6.42 Å². The molecule has 28 heavy (non-hydrogen) atoms. The van der Waals surface area contributed by atoms with Gasteiger partial charge in [0.25, 0.3) is 0 Å². The van der Waals surface area contributed by atoms with Crippen LogP contribution in [0.4, 0.5) is 11.5 Å². The highest BCUT2D eigenvalue weighted by atomic mass is 79.9. The molecule has 0 spiro atoms. The Morgan fingerprint density at radius 2 is 1.79 bits per heavy atom. The first-order chi connectivity index (χ1) is 13.4. The van der Waals surface area contributed by atoms with Crippen molar-refractivity contribution in [3.8, 4) is 6.07 Å². The zero-order chi connectivity index (χ0) is 20.1. The zero-order valence-corrected chi connectivity index (χ0v) is 18.7. The Kier molecular flexibility index (Phi) is 6.61. The van der Waals surface area contributed by atoms with Gasteiger partial charge in [-0.25, -0.2) is 9.97 Å². The average Bonchev–Trinajstić information content (AvgIpc) is 2.65. The van der Waals surface area contributed by atoms with E-state index in [1.54, 1.807) is 6.20 Å². The Balaban J connectivity index is 1.81. The van der Waals surface area contributed by atoms with Gasteiger partial charge in [-0.3, -0.25) is 0 Å². The lowest BCUT2D eigenvalue weighted by atomic mass is 10.0. The van der Waals surface area contributed by atoms with E-state index in [4.69, 9.17) is 5.26 Å². The molecule has 0 unspecified atom stereocenters. The first kappa shape index (κ1) is 20.2. The first-order valence-electron chi connectivity index (χ1n) is 8.66. The number of aryl methyl sites for hydroxylation is 2. The van der Waals surface area contributed by atoms with Crippen molar-refractivity contribution in [3.05, 3.63) is 85.7 Å². The number of hydrogen-bond acceptors (Lipinski definition) is 4. The van der Waals surface area contributed by atoms with Gasteiger partial charge in [0.1, 0.15) is 11.6 Å². The summed E-state index contributed by atoms with van der Waals surface area (Å²) < 4.78 is 0.905. The van der Waals surface area contributed by atoms with Crippen LogP contribution in [0.15, 0.2) is 52.1 Å². The van der Waals surface area contributed by atoms with Crippen LogP contribution in [0.1, 0.15) is 33.6 Å². The minimum Gasteiger partial charge on any atom is -0.340 e. The number of nitriles is 1. The van der Waals surface area contributed by atoms with Crippen molar-refractivity contribution < 1.29 is 0 Å². The second-order valence-corrected chi connectivity index (χ2v) is 9.21. The van der Waals surface area contributed by atoms with Crippen LogP contribution >= 0.6 is 31.9 Å². The number of anilines is 2. The summed E-state index contributed by atoms with van der Waals surface area (Å²) in [5.74, 6) is 1.49. The molecule has 0 fully saturated rings. The van der Waals surface area contributed by atoms with Crippen molar-refractivity contribution in [1.29, 1.82) is 5.26 Å². The fourth-order valence-electron chi connectivity index (χ4n) is 2.97. The average molecular weight is 498 g/mol. The third kappa shape index (κ3) is 5.28. The molecule has 0 saturated carbocycles. The maximum atomic E-state index is 8.91. The van der Waals surface area contributed by atoms with Gasteiger partial charge in [0.2, 0.25) is 0 Å². The Hall–Kier alpha value is -2.49. The van der Waals surface area contributed by atoms with Gasteiger partial charge in [-0.05, 0) is 104 Å². The van der Waals surface area contributed by atoms with E-state index in [9.17, 15) is 0 Å². The van der Waals surface area contributed by atoms with Crippen molar-refractivity contribution in [2.45, 2.75) is 20.3 Å². The van der Waals surface area contributed by atoms with Gasteiger partial charge < -0.3 is 5.32 Å². The Bertz CT molecular complexity index is 1040. The minimum atomic E-state index is 0.613. The number of aromatic nitrogens is 2. The Morgan fingerprint density at radius 3 is 2.39 bits per heavy atom. The molecule has 3 aromatic rings. The molecule has 3 rings (SSSR count). The summed E-state index contributed by atoms with van der Waals surface area (Å²) in [6, 6.07) is 15.7. The largest absolute Gasteiger partial charge is 0.340 e. The highest BCUT2D eigenvalue weighted by molar-refractivity contribution is 9.28. The lowest BCUT2D eigenvalue weighted by Crippen LogP contribution is -2.03. The van der Waals surface area contributed by atoms with Gasteiger partial charge in [0.05, 0.1) is 15.0 Å². The Morgan fingerprint density at radius 1 is 1.11 bits per heavy atom. The number of halogens is 2. The van der Waals surface area contributed by atoms with E-state index in [2.05, 4.69) is 79.2 Å². The first-order valence-corrected chi connectivity index (χ1v) is 10.2. The standard InChI is InChI=1S/C22H18Br2N4/c1-14-9-18(11-19(23)24)10-15(2)22(14)28-20-7-8-26-21(27-20)12-16-3-5-17(13-25)6-4-16/h3-11H,12H2,1-2H3,(H,26,27,28). The molecule has 0 saturated heterocycles.